The number of nitrogens with two attached hydrogens (primary N) is 1. The van der Waals surface area contributed by atoms with E-state index in [0.29, 0.717) is 6.54 Å². The van der Waals surface area contributed by atoms with E-state index in [0.717, 1.165) is 0 Å². The summed E-state index contributed by atoms with van der Waals surface area (Å²) in [5, 5.41) is 7.26. The van der Waals surface area contributed by atoms with E-state index in [4.69, 9.17) is 26.8 Å². The number of hydrogen-bond donors (Lipinski definition) is 4. The summed E-state index contributed by atoms with van der Waals surface area (Å²) in [6.07, 6.45) is -1.52. The van der Waals surface area contributed by atoms with Crippen LogP contribution in [0.15, 0.2) is 17.1 Å². The molecule has 0 bridgehead atoms. The summed E-state index contributed by atoms with van der Waals surface area (Å²) in [5.41, 5.74) is 5.77. The molecule has 27 heavy (non-hydrogen) atoms. The van der Waals surface area contributed by atoms with Crippen molar-refractivity contribution in [3.8, 4) is 0 Å². The fraction of sp³-hybridized carbons (Fsp3) is 0.375. The molecular formula is C16H22ClN5O5. The van der Waals surface area contributed by atoms with Crippen molar-refractivity contribution >= 4 is 47.0 Å². The van der Waals surface area contributed by atoms with Gasteiger partial charge in [0.25, 0.3) is 5.91 Å². The Morgan fingerprint density at radius 1 is 1.04 bits per heavy atom. The minimum absolute atomic E-state index is 0.00304. The van der Waals surface area contributed by atoms with Crippen LogP contribution in [0.4, 0.5) is 21.0 Å². The smallest absolute Gasteiger partial charge is 0.411 e. The van der Waals surface area contributed by atoms with Gasteiger partial charge < -0.3 is 15.2 Å². The molecule has 3 amide bonds. The number of nitrogens with zero attached hydrogens (tertiary/aromatic N) is 1. The quantitative estimate of drug-likeness (QED) is 0.427. The van der Waals surface area contributed by atoms with E-state index in [-0.39, 0.29) is 41.1 Å². The second-order valence-electron chi connectivity index (χ2n) is 4.88. The van der Waals surface area contributed by atoms with Crippen LogP contribution in [0.1, 0.15) is 31.1 Å². The van der Waals surface area contributed by atoms with Crippen LogP contribution in [0.25, 0.3) is 0 Å². The predicted molar refractivity (Wildman–Crippen MR) is 102 cm³/mol. The summed E-state index contributed by atoms with van der Waals surface area (Å²) < 4.78 is 9.60. The van der Waals surface area contributed by atoms with Gasteiger partial charge in [0.2, 0.25) is 0 Å². The van der Waals surface area contributed by atoms with E-state index in [1.165, 1.54) is 12.1 Å². The molecular weight excluding hydrogens is 378 g/mol. The second-order valence-corrected chi connectivity index (χ2v) is 5.29. The normalized spacial score (nSPS) is 10.7. The highest BCUT2D eigenvalue weighted by Gasteiger charge is 2.19. The number of hydrogen-bond acceptors (Lipinski definition) is 6. The maximum absolute atomic E-state index is 12.4. The molecule has 0 spiro atoms. The standard InChI is InChI=1S/C16H22ClN5O5/c1-4-19-14(18)22-13(23)9-7-10(17)12(21-16(25)27-6-3)8-11(9)20-15(24)26-5-2/h7-8H,4-6H2,1-3H3,(H,20,24)(H,21,25)(H3,18,19,22,23). The lowest BCUT2D eigenvalue weighted by molar-refractivity contribution is 0.0977. The molecule has 1 aromatic rings. The minimum atomic E-state index is -0.786. The van der Waals surface area contributed by atoms with Crippen LogP contribution < -0.4 is 21.7 Å². The highest BCUT2D eigenvalue weighted by Crippen LogP contribution is 2.30. The molecule has 0 heterocycles. The van der Waals surface area contributed by atoms with Crippen molar-refractivity contribution in [1.82, 2.24) is 5.32 Å². The number of carbonyl (C=O) groups excluding carboxylic acids is 3. The Kier molecular flexibility index (Phi) is 8.86. The molecule has 0 aromatic heterocycles. The summed E-state index contributed by atoms with van der Waals surface area (Å²) in [5.74, 6) is -0.740. The number of benzene rings is 1. The second kappa shape index (κ2) is 10.9. The van der Waals surface area contributed by atoms with Crippen molar-refractivity contribution in [2.75, 3.05) is 30.4 Å². The fourth-order valence-electron chi connectivity index (χ4n) is 1.91. The van der Waals surface area contributed by atoms with E-state index in [1.54, 1.807) is 20.8 Å². The molecule has 0 radical (unpaired) electrons. The molecule has 0 saturated heterocycles. The van der Waals surface area contributed by atoms with Gasteiger partial charge in [-0.05, 0) is 32.9 Å². The third kappa shape index (κ3) is 7.02. The fourth-order valence-corrected chi connectivity index (χ4v) is 2.12. The Morgan fingerprint density at radius 2 is 1.59 bits per heavy atom. The van der Waals surface area contributed by atoms with Crippen LogP contribution in [0, 0.1) is 0 Å². The average Bonchev–Trinajstić information content (AvgIpc) is 2.58. The van der Waals surface area contributed by atoms with Gasteiger partial charge in [-0.15, -0.1) is 0 Å². The Balaban J connectivity index is 3.24. The lowest BCUT2D eigenvalue weighted by atomic mass is 10.1. The Hall–Kier alpha value is -3.01. The maximum atomic E-state index is 12.4. The number of amides is 3. The van der Waals surface area contributed by atoms with Crippen molar-refractivity contribution in [2.45, 2.75) is 20.8 Å². The van der Waals surface area contributed by atoms with Gasteiger partial charge in [0.05, 0.1) is 35.2 Å². The number of guanidine groups is 1. The number of ether oxygens (including phenoxy) is 2. The number of rotatable bonds is 6. The Bertz CT molecular complexity index is 738. The molecule has 1 rings (SSSR count). The van der Waals surface area contributed by atoms with E-state index in [9.17, 15) is 14.4 Å². The first-order valence-electron chi connectivity index (χ1n) is 8.14. The topological polar surface area (TPSA) is 144 Å². The van der Waals surface area contributed by atoms with Gasteiger partial charge in [0.1, 0.15) is 0 Å². The minimum Gasteiger partial charge on any atom is -0.450 e. The number of anilines is 2. The molecule has 148 valence electrons. The zero-order chi connectivity index (χ0) is 20.4. The number of aliphatic imine (C=N–C) groups is 1. The summed E-state index contributed by atoms with van der Waals surface area (Å²) in [4.78, 5) is 39.7. The van der Waals surface area contributed by atoms with Crippen molar-refractivity contribution in [3.63, 3.8) is 0 Å². The lowest BCUT2D eigenvalue weighted by Gasteiger charge is -2.15. The highest BCUT2D eigenvalue weighted by atomic mass is 35.5. The summed E-state index contributed by atoms with van der Waals surface area (Å²) in [6, 6.07) is 2.57. The summed E-state index contributed by atoms with van der Waals surface area (Å²) in [7, 11) is 0. The molecule has 11 heteroatoms. The molecule has 0 saturated carbocycles. The molecule has 0 aliphatic carbocycles. The molecule has 0 unspecified atom stereocenters. The SMILES string of the molecule is CCN=C(N)NC(=O)c1cc(Cl)c(NC(=O)OCC)cc1NC(=O)OCC. The molecule has 0 aliphatic heterocycles. The van der Waals surface area contributed by atoms with Gasteiger partial charge in [-0.3, -0.25) is 25.7 Å². The predicted octanol–water partition coefficient (Wildman–Crippen LogP) is 2.54. The zero-order valence-electron chi connectivity index (χ0n) is 15.2. The van der Waals surface area contributed by atoms with Gasteiger partial charge in [-0.25, -0.2) is 9.59 Å². The van der Waals surface area contributed by atoms with Crippen LogP contribution in [0.2, 0.25) is 5.02 Å². The number of carbonyl (C=O) groups is 3. The van der Waals surface area contributed by atoms with Crippen molar-refractivity contribution in [2.24, 2.45) is 10.7 Å². The first kappa shape index (κ1) is 22.0. The molecule has 0 atom stereocenters. The van der Waals surface area contributed by atoms with Crippen LogP contribution in [0.3, 0.4) is 0 Å². The Labute approximate surface area is 161 Å². The third-order valence-corrected chi connectivity index (χ3v) is 3.26. The van der Waals surface area contributed by atoms with E-state index >= 15 is 0 Å². The van der Waals surface area contributed by atoms with Gasteiger partial charge in [0.15, 0.2) is 5.96 Å². The van der Waals surface area contributed by atoms with E-state index in [1.807, 2.05) is 0 Å². The zero-order valence-corrected chi connectivity index (χ0v) is 16.0. The van der Waals surface area contributed by atoms with Gasteiger partial charge >= 0.3 is 12.2 Å². The Morgan fingerprint density at radius 3 is 2.11 bits per heavy atom. The molecule has 0 aliphatic rings. The molecule has 1 aromatic carbocycles. The van der Waals surface area contributed by atoms with E-state index in [2.05, 4.69) is 20.9 Å². The van der Waals surface area contributed by atoms with Crippen LogP contribution in [-0.2, 0) is 9.47 Å². The van der Waals surface area contributed by atoms with Crippen LogP contribution >= 0.6 is 11.6 Å². The van der Waals surface area contributed by atoms with Gasteiger partial charge in [-0.2, -0.15) is 0 Å². The van der Waals surface area contributed by atoms with E-state index < -0.39 is 18.1 Å². The monoisotopic (exact) mass is 399 g/mol. The maximum Gasteiger partial charge on any atom is 0.411 e. The van der Waals surface area contributed by atoms with Crippen molar-refractivity contribution < 1.29 is 23.9 Å². The summed E-state index contributed by atoms with van der Waals surface area (Å²) >= 11 is 6.13. The summed E-state index contributed by atoms with van der Waals surface area (Å²) in [6.45, 7) is 5.69. The average molecular weight is 400 g/mol. The highest BCUT2D eigenvalue weighted by molar-refractivity contribution is 6.34. The van der Waals surface area contributed by atoms with Crippen molar-refractivity contribution in [3.05, 3.63) is 22.7 Å². The lowest BCUT2D eigenvalue weighted by Crippen LogP contribution is -2.37. The van der Waals surface area contributed by atoms with Crippen molar-refractivity contribution in [1.29, 1.82) is 0 Å². The first-order chi connectivity index (χ1) is 12.8. The number of nitrogens with one attached hydrogen (secondary N) is 3. The third-order valence-electron chi connectivity index (χ3n) is 2.95. The van der Waals surface area contributed by atoms with Crippen LogP contribution in [0.5, 0.6) is 0 Å². The number of halogens is 1. The van der Waals surface area contributed by atoms with Gasteiger partial charge in [-0.1, -0.05) is 11.6 Å². The van der Waals surface area contributed by atoms with Gasteiger partial charge in [0, 0.05) is 6.54 Å². The molecule has 0 fully saturated rings. The largest absolute Gasteiger partial charge is 0.450 e. The first-order valence-corrected chi connectivity index (χ1v) is 8.52. The molecule has 5 N–H and O–H groups in total. The molecule has 10 nitrogen and oxygen atoms in total. The van der Waals surface area contributed by atoms with Crippen LogP contribution in [-0.4, -0.2) is 43.8 Å².